The summed E-state index contributed by atoms with van der Waals surface area (Å²) in [6.45, 7) is 4.18. The molecule has 2 N–H and O–H groups in total. The number of hydrogen-bond donors (Lipinski definition) is 2. The van der Waals surface area contributed by atoms with E-state index in [9.17, 15) is 4.79 Å². The zero-order valence-electron chi connectivity index (χ0n) is 19.6. The fourth-order valence-electron chi connectivity index (χ4n) is 3.57. The minimum absolute atomic E-state index is 0.204. The molecule has 0 aliphatic carbocycles. The van der Waals surface area contributed by atoms with Gasteiger partial charge in [0.15, 0.2) is 5.82 Å². The van der Waals surface area contributed by atoms with Crippen molar-refractivity contribution in [1.29, 1.82) is 0 Å². The van der Waals surface area contributed by atoms with E-state index in [-0.39, 0.29) is 5.91 Å². The maximum absolute atomic E-state index is 12.3. The number of hydrogen-bond acceptors (Lipinski definition) is 5. The Kier molecular flexibility index (Phi) is 6.99. The standard InChI is InChI=1S/C26H24ClN7O/c1-5-6-9-20(18(3)27)15-29-24-14-22(34(32-24)25-10-7-8-17(2)31-25)19-11-12-33-23(13-19)21(16-30-33)26(35)28-4/h1,6-14,16H,15H2,2-4H3,(H,28,35)(H,29,32)/b9-6-,20-18-. The third kappa shape index (κ3) is 5.10. The van der Waals surface area contributed by atoms with Crippen molar-refractivity contribution >= 4 is 28.8 Å². The van der Waals surface area contributed by atoms with Crippen molar-refractivity contribution in [2.45, 2.75) is 13.8 Å². The number of pyridine rings is 2. The minimum atomic E-state index is -0.204. The van der Waals surface area contributed by atoms with Crippen LogP contribution >= 0.6 is 11.6 Å². The molecular weight excluding hydrogens is 462 g/mol. The van der Waals surface area contributed by atoms with Crippen molar-refractivity contribution in [3.63, 3.8) is 0 Å². The summed E-state index contributed by atoms with van der Waals surface area (Å²) in [5, 5.41) is 15.7. The van der Waals surface area contributed by atoms with E-state index in [4.69, 9.17) is 23.1 Å². The average Bonchev–Trinajstić information content (AvgIpc) is 3.47. The zero-order valence-corrected chi connectivity index (χ0v) is 20.3. The number of amides is 1. The molecule has 0 spiro atoms. The second-order valence-corrected chi connectivity index (χ2v) is 8.33. The van der Waals surface area contributed by atoms with Gasteiger partial charge in [-0.25, -0.2) is 14.2 Å². The Balaban J connectivity index is 1.79. The predicted molar refractivity (Wildman–Crippen MR) is 139 cm³/mol. The number of rotatable bonds is 7. The summed E-state index contributed by atoms with van der Waals surface area (Å²) in [6.07, 6.45) is 12.1. The summed E-state index contributed by atoms with van der Waals surface area (Å²) in [6, 6.07) is 11.5. The first-order valence-electron chi connectivity index (χ1n) is 10.9. The van der Waals surface area contributed by atoms with E-state index < -0.39 is 0 Å². The molecule has 4 heterocycles. The molecule has 35 heavy (non-hydrogen) atoms. The van der Waals surface area contributed by atoms with Gasteiger partial charge in [0.2, 0.25) is 0 Å². The molecule has 0 aliphatic heterocycles. The quantitative estimate of drug-likeness (QED) is 0.300. The van der Waals surface area contributed by atoms with Gasteiger partial charge in [-0.3, -0.25) is 4.79 Å². The highest BCUT2D eigenvalue weighted by Gasteiger charge is 2.17. The number of aromatic nitrogens is 5. The largest absolute Gasteiger partial charge is 0.364 e. The number of carbonyl (C=O) groups excluding carboxylic acids is 1. The lowest BCUT2D eigenvalue weighted by atomic mass is 10.1. The number of halogens is 1. The molecule has 0 fully saturated rings. The molecule has 0 saturated carbocycles. The van der Waals surface area contributed by atoms with Crippen LogP contribution < -0.4 is 10.6 Å². The van der Waals surface area contributed by atoms with E-state index >= 15 is 0 Å². The lowest BCUT2D eigenvalue weighted by molar-refractivity contribution is 0.0964. The normalized spacial score (nSPS) is 12.0. The van der Waals surface area contributed by atoms with Crippen LogP contribution in [0.15, 0.2) is 71.5 Å². The third-order valence-electron chi connectivity index (χ3n) is 5.37. The fourth-order valence-corrected chi connectivity index (χ4v) is 3.70. The summed E-state index contributed by atoms with van der Waals surface area (Å²) in [4.78, 5) is 17.0. The molecular formula is C26H24ClN7O. The number of terminal acetylenes is 1. The number of nitrogens with one attached hydrogen (secondary N) is 2. The summed E-state index contributed by atoms with van der Waals surface area (Å²) < 4.78 is 3.43. The van der Waals surface area contributed by atoms with Crippen LogP contribution in [0.3, 0.4) is 0 Å². The molecule has 8 nitrogen and oxygen atoms in total. The van der Waals surface area contributed by atoms with Crippen LogP contribution in [0.1, 0.15) is 23.0 Å². The Labute approximate surface area is 208 Å². The van der Waals surface area contributed by atoms with Crippen LogP contribution in [0.2, 0.25) is 0 Å². The van der Waals surface area contributed by atoms with Gasteiger partial charge < -0.3 is 10.6 Å². The van der Waals surface area contributed by atoms with Crippen LogP contribution in [0.4, 0.5) is 5.82 Å². The molecule has 4 rings (SSSR count). The SMILES string of the molecule is C#C/C=C\C(CNc1cc(-c2ccn3ncc(C(=O)NC)c3c2)n(-c2cccc(C)n2)n1)=C(/C)Cl. The van der Waals surface area contributed by atoms with Crippen molar-refractivity contribution in [2.75, 3.05) is 18.9 Å². The summed E-state index contributed by atoms with van der Waals surface area (Å²) in [5.74, 6) is 3.58. The monoisotopic (exact) mass is 485 g/mol. The van der Waals surface area contributed by atoms with E-state index in [1.54, 1.807) is 34.6 Å². The first-order chi connectivity index (χ1) is 16.9. The van der Waals surface area contributed by atoms with E-state index in [1.165, 1.54) is 0 Å². The molecule has 0 aromatic carbocycles. The maximum Gasteiger partial charge on any atom is 0.254 e. The van der Waals surface area contributed by atoms with Gasteiger partial charge in [-0.2, -0.15) is 5.10 Å². The fraction of sp³-hybridized carbons (Fsp3) is 0.154. The Morgan fingerprint density at radius 2 is 2.11 bits per heavy atom. The Bertz CT molecular complexity index is 1500. The van der Waals surface area contributed by atoms with Crippen LogP contribution in [-0.4, -0.2) is 43.9 Å². The Morgan fingerprint density at radius 1 is 1.29 bits per heavy atom. The third-order valence-corrected chi connectivity index (χ3v) is 5.61. The highest BCUT2D eigenvalue weighted by molar-refractivity contribution is 6.29. The van der Waals surface area contributed by atoms with E-state index in [2.05, 4.69) is 26.6 Å². The Morgan fingerprint density at radius 3 is 2.83 bits per heavy atom. The van der Waals surface area contributed by atoms with Gasteiger partial charge in [0, 0.05) is 42.1 Å². The van der Waals surface area contributed by atoms with Crippen molar-refractivity contribution in [3.8, 4) is 29.4 Å². The molecule has 4 aromatic heterocycles. The highest BCUT2D eigenvalue weighted by atomic mass is 35.5. The van der Waals surface area contributed by atoms with E-state index in [0.717, 1.165) is 22.5 Å². The van der Waals surface area contributed by atoms with Crippen LogP contribution in [0.25, 0.3) is 22.6 Å². The molecule has 0 atom stereocenters. The molecule has 0 aliphatic rings. The summed E-state index contributed by atoms with van der Waals surface area (Å²) in [7, 11) is 1.59. The second-order valence-electron chi connectivity index (χ2n) is 7.76. The van der Waals surface area contributed by atoms with Gasteiger partial charge in [0.05, 0.1) is 23.0 Å². The van der Waals surface area contributed by atoms with Crippen LogP contribution in [0, 0.1) is 19.3 Å². The molecule has 0 radical (unpaired) electrons. The van der Waals surface area contributed by atoms with Crippen molar-refractivity contribution in [1.82, 2.24) is 29.7 Å². The minimum Gasteiger partial charge on any atom is -0.364 e. The second kappa shape index (κ2) is 10.3. The lowest BCUT2D eigenvalue weighted by Gasteiger charge is -2.08. The number of carbonyl (C=O) groups is 1. The maximum atomic E-state index is 12.3. The van der Waals surface area contributed by atoms with Gasteiger partial charge in [-0.05, 0) is 55.8 Å². The summed E-state index contributed by atoms with van der Waals surface area (Å²) >= 11 is 6.23. The number of anilines is 1. The molecule has 0 bridgehead atoms. The molecule has 176 valence electrons. The van der Waals surface area contributed by atoms with Gasteiger partial charge in [0.1, 0.15) is 5.82 Å². The van der Waals surface area contributed by atoms with E-state index in [0.29, 0.717) is 34.3 Å². The number of allylic oxidation sites excluding steroid dienone is 2. The van der Waals surface area contributed by atoms with Gasteiger partial charge in [-0.15, -0.1) is 11.5 Å². The van der Waals surface area contributed by atoms with Gasteiger partial charge in [-0.1, -0.05) is 23.6 Å². The van der Waals surface area contributed by atoms with Crippen LogP contribution in [-0.2, 0) is 0 Å². The molecule has 4 aromatic rings. The van der Waals surface area contributed by atoms with Crippen molar-refractivity contribution < 1.29 is 4.79 Å². The smallest absolute Gasteiger partial charge is 0.254 e. The van der Waals surface area contributed by atoms with Gasteiger partial charge in [0.25, 0.3) is 5.91 Å². The summed E-state index contributed by atoms with van der Waals surface area (Å²) in [5.41, 5.74) is 4.54. The molecule has 0 unspecified atom stereocenters. The van der Waals surface area contributed by atoms with Gasteiger partial charge >= 0.3 is 0 Å². The first kappa shape index (κ1) is 23.8. The number of fused-ring (bicyclic) bond motifs is 1. The van der Waals surface area contributed by atoms with Crippen molar-refractivity contribution in [2.24, 2.45) is 0 Å². The predicted octanol–water partition coefficient (Wildman–Crippen LogP) is 4.36. The molecule has 9 heteroatoms. The lowest BCUT2D eigenvalue weighted by Crippen LogP contribution is -2.17. The first-order valence-corrected chi connectivity index (χ1v) is 11.2. The average molecular weight is 486 g/mol. The molecule has 0 saturated heterocycles. The molecule has 1 amide bonds. The topological polar surface area (TPSA) is 89.1 Å². The van der Waals surface area contributed by atoms with Crippen LogP contribution in [0.5, 0.6) is 0 Å². The van der Waals surface area contributed by atoms with Crippen molar-refractivity contribution in [3.05, 3.63) is 82.8 Å². The Hall–Kier alpha value is -4.35. The highest BCUT2D eigenvalue weighted by Crippen LogP contribution is 2.28. The number of nitrogens with zero attached hydrogens (tertiary/aromatic N) is 5. The zero-order chi connectivity index (χ0) is 24.9. The number of aryl methyl sites for hydroxylation is 1. The van der Waals surface area contributed by atoms with E-state index in [1.807, 2.05) is 56.4 Å².